The van der Waals surface area contributed by atoms with Crippen molar-refractivity contribution in [2.45, 2.75) is 13.5 Å². The molecule has 0 aliphatic heterocycles. The van der Waals surface area contributed by atoms with Gasteiger partial charge in [-0.1, -0.05) is 29.8 Å². The second-order valence-corrected chi connectivity index (χ2v) is 5.11. The summed E-state index contributed by atoms with van der Waals surface area (Å²) in [7, 11) is 0. The lowest BCUT2D eigenvalue weighted by Gasteiger charge is -2.07. The highest BCUT2D eigenvalue weighted by Crippen LogP contribution is 2.13. The summed E-state index contributed by atoms with van der Waals surface area (Å²) >= 11 is 0. The third kappa shape index (κ3) is 3.38. The Balaban J connectivity index is 1.67. The van der Waals surface area contributed by atoms with Crippen LogP contribution < -0.4 is 5.32 Å². The molecule has 0 saturated carbocycles. The quantitative estimate of drug-likeness (QED) is 0.804. The molecule has 3 aromatic rings. The van der Waals surface area contributed by atoms with Gasteiger partial charge in [-0.15, -0.1) is 0 Å². The second kappa shape index (κ2) is 6.22. The summed E-state index contributed by atoms with van der Waals surface area (Å²) < 4.78 is 1.75. The normalized spacial score (nSPS) is 10.4. The average Bonchev–Trinajstić information content (AvgIpc) is 3.02. The van der Waals surface area contributed by atoms with Crippen LogP contribution >= 0.6 is 0 Å². The molecule has 0 radical (unpaired) electrons. The number of nitrogens with one attached hydrogen (secondary N) is 1. The first kappa shape index (κ1) is 14.0. The minimum atomic E-state index is -0.104. The number of amides is 1. The molecule has 22 heavy (non-hydrogen) atoms. The van der Waals surface area contributed by atoms with E-state index in [1.165, 1.54) is 6.33 Å². The van der Waals surface area contributed by atoms with Gasteiger partial charge < -0.3 is 5.32 Å². The van der Waals surface area contributed by atoms with E-state index in [9.17, 15) is 4.79 Å². The van der Waals surface area contributed by atoms with E-state index >= 15 is 0 Å². The van der Waals surface area contributed by atoms with Crippen molar-refractivity contribution in [2.24, 2.45) is 0 Å². The Kier molecular flexibility index (Phi) is 3.96. The molecule has 1 N–H and O–H groups in total. The highest BCUT2D eigenvalue weighted by molar-refractivity contribution is 6.04. The van der Waals surface area contributed by atoms with Gasteiger partial charge in [-0.05, 0) is 36.8 Å². The third-order valence-corrected chi connectivity index (χ3v) is 3.30. The molecule has 0 aliphatic rings. The molecular formula is C17H16N4O. The smallest absolute Gasteiger partial charge is 0.255 e. The van der Waals surface area contributed by atoms with Crippen molar-refractivity contribution in [1.82, 2.24) is 14.8 Å². The minimum Gasteiger partial charge on any atom is -0.322 e. The van der Waals surface area contributed by atoms with Gasteiger partial charge in [0.2, 0.25) is 0 Å². The van der Waals surface area contributed by atoms with Crippen LogP contribution in [0.15, 0.2) is 61.2 Å². The summed E-state index contributed by atoms with van der Waals surface area (Å²) in [5, 5.41) is 6.96. The van der Waals surface area contributed by atoms with Crippen LogP contribution in [0.3, 0.4) is 0 Å². The van der Waals surface area contributed by atoms with Crippen molar-refractivity contribution in [2.75, 3.05) is 5.32 Å². The zero-order valence-corrected chi connectivity index (χ0v) is 12.2. The summed E-state index contributed by atoms with van der Waals surface area (Å²) in [6, 6.07) is 15.2. The standard InChI is InChI=1S/C17H16N4O/c1-13-3-2-4-15(9-13)17(22)20-16-7-5-14(6-8-16)10-21-12-18-11-19-21/h2-9,11-12H,10H2,1H3,(H,20,22). The monoisotopic (exact) mass is 292 g/mol. The lowest BCUT2D eigenvalue weighted by Crippen LogP contribution is -2.12. The second-order valence-electron chi connectivity index (χ2n) is 5.11. The summed E-state index contributed by atoms with van der Waals surface area (Å²) in [6.07, 6.45) is 3.18. The lowest BCUT2D eigenvalue weighted by molar-refractivity contribution is 0.102. The van der Waals surface area contributed by atoms with E-state index in [0.29, 0.717) is 12.1 Å². The third-order valence-electron chi connectivity index (χ3n) is 3.30. The van der Waals surface area contributed by atoms with Gasteiger partial charge in [0.25, 0.3) is 5.91 Å². The van der Waals surface area contributed by atoms with Crippen molar-refractivity contribution in [1.29, 1.82) is 0 Å². The predicted molar refractivity (Wildman–Crippen MR) is 84.7 cm³/mol. The number of aromatic nitrogens is 3. The largest absolute Gasteiger partial charge is 0.322 e. The SMILES string of the molecule is Cc1cccc(C(=O)Nc2ccc(Cn3cncn3)cc2)c1. The van der Waals surface area contributed by atoms with Crippen molar-refractivity contribution < 1.29 is 4.79 Å². The van der Waals surface area contributed by atoms with Gasteiger partial charge in [0, 0.05) is 11.3 Å². The maximum absolute atomic E-state index is 12.2. The molecule has 0 aliphatic carbocycles. The molecule has 110 valence electrons. The number of carbonyl (C=O) groups is 1. The Hall–Kier alpha value is -2.95. The van der Waals surface area contributed by atoms with Crippen molar-refractivity contribution >= 4 is 11.6 Å². The van der Waals surface area contributed by atoms with Crippen LogP contribution in [0.25, 0.3) is 0 Å². The topological polar surface area (TPSA) is 59.8 Å². The number of anilines is 1. The van der Waals surface area contributed by atoms with Crippen LogP contribution in [0.1, 0.15) is 21.5 Å². The molecule has 0 spiro atoms. The van der Waals surface area contributed by atoms with E-state index in [1.54, 1.807) is 17.1 Å². The highest BCUT2D eigenvalue weighted by Gasteiger charge is 2.06. The van der Waals surface area contributed by atoms with Gasteiger partial charge >= 0.3 is 0 Å². The Labute approximate surface area is 128 Å². The fourth-order valence-electron chi connectivity index (χ4n) is 2.18. The van der Waals surface area contributed by atoms with Gasteiger partial charge in [-0.3, -0.25) is 4.79 Å². The van der Waals surface area contributed by atoms with Gasteiger partial charge in [0.15, 0.2) is 0 Å². The minimum absolute atomic E-state index is 0.104. The summed E-state index contributed by atoms with van der Waals surface area (Å²) in [5.41, 5.74) is 3.59. The van der Waals surface area contributed by atoms with E-state index in [2.05, 4.69) is 15.4 Å². The Morgan fingerprint density at radius 2 is 2.00 bits per heavy atom. The fourth-order valence-corrected chi connectivity index (χ4v) is 2.18. The molecule has 2 aromatic carbocycles. The molecule has 0 atom stereocenters. The van der Waals surface area contributed by atoms with E-state index in [4.69, 9.17) is 0 Å². The number of aryl methyl sites for hydroxylation is 1. The Bertz CT molecular complexity index is 764. The van der Waals surface area contributed by atoms with Gasteiger partial charge in [-0.25, -0.2) is 9.67 Å². The number of hydrogen-bond donors (Lipinski definition) is 1. The molecule has 3 rings (SSSR count). The molecule has 1 heterocycles. The summed E-state index contributed by atoms with van der Waals surface area (Å²) in [6.45, 7) is 2.63. The van der Waals surface area contributed by atoms with E-state index in [-0.39, 0.29) is 5.91 Å². The van der Waals surface area contributed by atoms with E-state index in [0.717, 1.165) is 16.8 Å². The first-order chi connectivity index (χ1) is 10.7. The summed E-state index contributed by atoms with van der Waals surface area (Å²) in [5.74, 6) is -0.104. The first-order valence-electron chi connectivity index (χ1n) is 7.00. The molecular weight excluding hydrogens is 276 g/mol. The molecule has 0 saturated heterocycles. The highest BCUT2D eigenvalue weighted by atomic mass is 16.1. The molecule has 0 fully saturated rings. The zero-order valence-electron chi connectivity index (χ0n) is 12.2. The van der Waals surface area contributed by atoms with Crippen molar-refractivity contribution in [3.8, 4) is 0 Å². The zero-order chi connectivity index (χ0) is 15.4. The molecule has 1 amide bonds. The molecule has 1 aromatic heterocycles. The van der Waals surface area contributed by atoms with Crippen LogP contribution in [0.4, 0.5) is 5.69 Å². The first-order valence-corrected chi connectivity index (χ1v) is 7.00. The van der Waals surface area contributed by atoms with Crippen LogP contribution in [0, 0.1) is 6.92 Å². The number of nitrogens with zero attached hydrogens (tertiary/aromatic N) is 3. The van der Waals surface area contributed by atoms with Crippen LogP contribution in [0.5, 0.6) is 0 Å². The van der Waals surface area contributed by atoms with E-state index < -0.39 is 0 Å². The average molecular weight is 292 g/mol. The number of rotatable bonds is 4. The van der Waals surface area contributed by atoms with Crippen LogP contribution in [-0.4, -0.2) is 20.7 Å². The molecule has 5 heteroatoms. The van der Waals surface area contributed by atoms with E-state index in [1.807, 2.05) is 49.4 Å². The predicted octanol–water partition coefficient (Wildman–Crippen LogP) is 2.89. The lowest BCUT2D eigenvalue weighted by atomic mass is 10.1. The summed E-state index contributed by atoms with van der Waals surface area (Å²) in [4.78, 5) is 16.1. The number of benzene rings is 2. The van der Waals surface area contributed by atoms with Crippen LogP contribution in [0.2, 0.25) is 0 Å². The van der Waals surface area contributed by atoms with Crippen molar-refractivity contribution in [3.05, 3.63) is 77.9 Å². The Morgan fingerprint density at radius 1 is 1.18 bits per heavy atom. The maximum atomic E-state index is 12.2. The molecule has 0 bridgehead atoms. The van der Waals surface area contributed by atoms with Gasteiger partial charge in [-0.2, -0.15) is 5.10 Å². The van der Waals surface area contributed by atoms with Crippen LogP contribution in [-0.2, 0) is 6.54 Å². The number of carbonyl (C=O) groups excluding carboxylic acids is 1. The van der Waals surface area contributed by atoms with Crippen molar-refractivity contribution in [3.63, 3.8) is 0 Å². The van der Waals surface area contributed by atoms with Gasteiger partial charge in [0.05, 0.1) is 6.54 Å². The fraction of sp³-hybridized carbons (Fsp3) is 0.118. The molecule has 5 nitrogen and oxygen atoms in total. The Morgan fingerprint density at radius 3 is 2.68 bits per heavy atom. The maximum Gasteiger partial charge on any atom is 0.255 e. The van der Waals surface area contributed by atoms with Gasteiger partial charge in [0.1, 0.15) is 12.7 Å². The molecule has 0 unspecified atom stereocenters. The number of hydrogen-bond acceptors (Lipinski definition) is 3.